The molecule has 5 rings (SSSR count). The summed E-state index contributed by atoms with van der Waals surface area (Å²) in [6.45, 7) is 2.03. The molecule has 1 saturated heterocycles. The first kappa shape index (κ1) is 31.0. The Morgan fingerprint density at radius 3 is 1.63 bits per heavy atom. The van der Waals surface area contributed by atoms with Crippen LogP contribution in [-0.2, 0) is 53.1 Å². The smallest absolute Gasteiger partial charge is 0.297 e. The van der Waals surface area contributed by atoms with Gasteiger partial charge in [0.25, 0.3) is 10.1 Å². The predicted octanol–water partition coefficient (Wildman–Crippen LogP) is 5.17. The number of hydrogen-bond acceptors (Lipinski definition) is 8. The van der Waals surface area contributed by atoms with Crippen molar-refractivity contribution in [2.45, 2.75) is 62.3 Å². The number of benzene rings is 4. The Kier molecular flexibility index (Phi) is 10.7. The molecule has 9 heteroatoms. The molecule has 1 N–H and O–H groups in total. The number of aliphatic hydroxyl groups is 1. The van der Waals surface area contributed by atoms with Gasteiger partial charge in [-0.15, -0.1) is 0 Å². The van der Waals surface area contributed by atoms with E-state index >= 15 is 0 Å². The molecule has 1 aliphatic rings. The van der Waals surface area contributed by atoms with E-state index in [9.17, 15) is 13.5 Å². The van der Waals surface area contributed by atoms with Crippen molar-refractivity contribution in [2.24, 2.45) is 0 Å². The second-order valence-corrected chi connectivity index (χ2v) is 12.0. The highest BCUT2D eigenvalue weighted by Gasteiger charge is 2.48. The van der Waals surface area contributed by atoms with Crippen molar-refractivity contribution in [2.75, 3.05) is 6.61 Å². The van der Waals surface area contributed by atoms with Crippen molar-refractivity contribution >= 4 is 10.1 Å². The van der Waals surface area contributed by atoms with Crippen LogP contribution in [0, 0.1) is 6.92 Å². The van der Waals surface area contributed by atoms with Gasteiger partial charge >= 0.3 is 0 Å². The molecule has 1 fully saturated rings. The van der Waals surface area contributed by atoms with Crippen LogP contribution in [0.5, 0.6) is 0 Å². The molecule has 1 heterocycles. The van der Waals surface area contributed by atoms with E-state index in [4.69, 9.17) is 23.1 Å². The maximum Gasteiger partial charge on any atom is 0.297 e. The molecule has 4 aromatic rings. The minimum Gasteiger partial charge on any atom is -0.387 e. The molecule has 4 aromatic carbocycles. The maximum absolute atomic E-state index is 13.0. The van der Waals surface area contributed by atoms with Crippen LogP contribution >= 0.6 is 0 Å². The molecule has 43 heavy (non-hydrogen) atoms. The number of aliphatic hydroxyl groups excluding tert-OH is 1. The molecule has 0 radical (unpaired) electrons. The van der Waals surface area contributed by atoms with E-state index in [1.54, 1.807) is 12.1 Å². The molecule has 226 valence electrons. The summed E-state index contributed by atoms with van der Waals surface area (Å²) in [4.78, 5) is 0.0150. The predicted molar refractivity (Wildman–Crippen MR) is 160 cm³/mol. The van der Waals surface area contributed by atoms with Gasteiger partial charge in [-0.25, -0.2) is 0 Å². The first-order valence-corrected chi connectivity index (χ1v) is 15.6. The zero-order valence-electron chi connectivity index (χ0n) is 23.9. The first-order chi connectivity index (χ1) is 20.9. The molecule has 0 unspecified atom stereocenters. The van der Waals surface area contributed by atoms with Gasteiger partial charge in [-0.1, -0.05) is 109 Å². The molecule has 0 aromatic heterocycles. The summed E-state index contributed by atoms with van der Waals surface area (Å²) >= 11 is 0. The highest BCUT2D eigenvalue weighted by Crippen LogP contribution is 2.30. The van der Waals surface area contributed by atoms with E-state index in [0.29, 0.717) is 0 Å². The number of rotatable bonds is 13. The summed E-state index contributed by atoms with van der Waals surface area (Å²) in [5, 5.41) is 11.5. The fraction of sp³-hybridized carbons (Fsp3) is 0.294. The molecule has 0 bridgehead atoms. The van der Waals surface area contributed by atoms with Crippen LogP contribution in [0.1, 0.15) is 22.3 Å². The molecule has 0 aliphatic carbocycles. The molecular weight excluding hydrogens is 568 g/mol. The summed E-state index contributed by atoms with van der Waals surface area (Å²) < 4.78 is 56.3. The van der Waals surface area contributed by atoms with Crippen molar-refractivity contribution in [1.82, 2.24) is 0 Å². The summed E-state index contributed by atoms with van der Waals surface area (Å²) in [5.74, 6) is 0. The SMILES string of the molecule is Cc1ccc(S(=O)(=O)OC[C@H]2O[C@@H](OCc3ccccc3)[C@H](OCc3ccccc3)[C@@H](OCc3ccccc3)[C@@H]2O)cc1. The summed E-state index contributed by atoms with van der Waals surface area (Å²) in [7, 11) is -4.11. The van der Waals surface area contributed by atoms with Crippen molar-refractivity contribution in [1.29, 1.82) is 0 Å². The summed E-state index contributed by atoms with van der Waals surface area (Å²) in [5.41, 5.74) is 3.66. The third-order valence-corrected chi connectivity index (χ3v) is 8.44. The summed E-state index contributed by atoms with van der Waals surface area (Å²) in [6.07, 6.45) is -5.13. The Morgan fingerprint density at radius 1 is 0.651 bits per heavy atom. The monoisotopic (exact) mass is 604 g/mol. The molecule has 5 atom stereocenters. The number of ether oxygens (including phenoxy) is 4. The van der Waals surface area contributed by atoms with Crippen molar-refractivity contribution < 1.29 is 36.7 Å². The molecule has 8 nitrogen and oxygen atoms in total. The quantitative estimate of drug-likeness (QED) is 0.209. The van der Waals surface area contributed by atoms with Gasteiger partial charge in [0, 0.05) is 0 Å². The van der Waals surface area contributed by atoms with Crippen LogP contribution in [0.3, 0.4) is 0 Å². The Labute approximate surface area is 252 Å². The van der Waals surface area contributed by atoms with Crippen molar-refractivity contribution in [3.05, 3.63) is 138 Å². The van der Waals surface area contributed by atoms with E-state index in [1.165, 1.54) is 12.1 Å². The van der Waals surface area contributed by atoms with Crippen molar-refractivity contribution in [3.63, 3.8) is 0 Å². The van der Waals surface area contributed by atoms with E-state index in [1.807, 2.05) is 97.9 Å². The van der Waals surface area contributed by atoms with Crippen molar-refractivity contribution in [3.8, 4) is 0 Å². The average molecular weight is 605 g/mol. The highest BCUT2D eigenvalue weighted by atomic mass is 32.2. The van der Waals surface area contributed by atoms with Gasteiger partial charge in [-0.05, 0) is 35.7 Å². The third-order valence-electron chi connectivity index (χ3n) is 7.14. The first-order valence-electron chi connectivity index (χ1n) is 14.2. The lowest BCUT2D eigenvalue weighted by molar-refractivity contribution is -0.321. The van der Waals surface area contributed by atoms with E-state index in [2.05, 4.69) is 0 Å². The minimum atomic E-state index is -4.11. The topological polar surface area (TPSA) is 101 Å². The lowest BCUT2D eigenvalue weighted by atomic mass is 9.98. The molecule has 0 spiro atoms. The molecule has 1 aliphatic heterocycles. The van der Waals surface area contributed by atoms with Crippen LogP contribution in [0.2, 0.25) is 0 Å². The van der Waals surface area contributed by atoms with Gasteiger partial charge in [0.2, 0.25) is 0 Å². The van der Waals surface area contributed by atoms with Crippen LogP contribution in [0.25, 0.3) is 0 Å². The molecule has 0 saturated carbocycles. The van der Waals surface area contributed by atoms with Crippen LogP contribution in [0.15, 0.2) is 120 Å². The molecule has 0 amide bonds. The van der Waals surface area contributed by atoms with Crippen LogP contribution in [0.4, 0.5) is 0 Å². The fourth-order valence-corrected chi connectivity index (χ4v) is 5.66. The van der Waals surface area contributed by atoms with Gasteiger partial charge in [0.15, 0.2) is 6.29 Å². The van der Waals surface area contributed by atoms with E-state index < -0.39 is 47.4 Å². The Bertz CT molecular complexity index is 1500. The van der Waals surface area contributed by atoms with E-state index in [-0.39, 0.29) is 24.7 Å². The lowest BCUT2D eigenvalue weighted by Crippen LogP contribution is -2.61. The van der Waals surface area contributed by atoms with E-state index in [0.717, 1.165) is 22.3 Å². The number of aryl methyl sites for hydroxylation is 1. The lowest BCUT2D eigenvalue weighted by Gasteiger charge is -2.44. The fourth-order valence-electron chi connectivity index (χ4n) is 4.75. The van der Waals surface area contributed by atoms with Gasteiger partial charge < -0.3 is 24.1 Å². The summed E-state index contributed by atoms with van der Waals surface area (Å²) in [6, 6.07) is 35.1. The Hall–Kier alpha value is -3.41. The number of hydrogen-bond donors (Lipinski definition) is 1. The average Bonchev–Trinajstić information content (AvgIpc) is 3.04. The normalized spacial score (nSPS) is 22.3. The zero-order chi connectivity index (χ0) is 30.1. The maximum atomic E-state index is 13.0. The van der Waals surface area contributed by atoms with Gasteiger partial charge in [0.1, 0.15) is 24.4 Å². The highest BCUT2D eigenvalue weighted by molar-refractivity contribution is 7.86. The molecular formula is C34H36O8S. The second-order valence-electron chi connectivity index (χ2n) is 10.4. The van der Waals surface area contributed by atoms with Gasteiger partial charge in [0.05, 0.1) is 31.3 Å². The van der Waals surface area contributed by atoms with Gasteiger partial charge in [-0.2, -0.15) is 8.42 Å². The van der Waals surface area contributed by atoms with Gasteiger partial charge in [-0.3, -0.25) is 4.18 Å². The minimum absolute atomic E-state index is 0.0150. The third kappa shape index (κ3) is 8.58. The Morgan fingerprint density at radius 2 is 1.12 bits per heavy atom. The van der Waals surface area contributed by atoms with Crippen LogP contribution < -0.4 is 0 Å². The zero-order valence-corrected chi connectivity index (χ0v) is 24.7. The van der Waals surface area contributed by atoms with Crippen LogP contribution in [-0.4, -0.2) is 50.8 Å². The standard InChI is InChI=1S/C34H36O8S/c1-25-17-19-29(20-18-25)43(36,37)41-24-30-31(35)32(38-21-26-11-5-2-6-12-26)33(39-22-27-13-7-3-8-14-27)34(42-30)40-23-28-15-9-4-10-16-28/h2-20,30-35H,21-24H2,1H3/t30-,31-,32+,33-,34-/m1/s1. The second kappa shape index (κ2) is 14.9. The Balaban J connectivity index is 1.38. The largest absolute Gasteiger partial charge is 0.387 e.